The molecule has 3 rings (SSSR count). The van der Waals surface area contributed by atoms with E-state index in [0.29, 0.717) is 5.56 Å². The maximum atomic E-state index is 15.6. The van der Waals surface area contributed by atoms with Crippen LogP contribution in [0.3, 0.4) is 0 Å². The van der Waals surface area contributed by atoms with Gasteiger partial charge < -0.3 is 30.5 Å². The number of hydrogen-bond acceptors (Lipinski definition) is 8. The SMILES string of the molecule is CC(C)C(=O)N[C@H]1[C@H]([C@H](O)[C@H](O)CO)OC(F)(C(=O)O)C(F)[C@@H]1n1cc(-c2ccccc2Cl)nn1. The molecule has 0 radical (unpaired) electrons. The zero-order valence-corrected chi connectivity index (χ0v) is 19.4. The Morgan fingerprint density at radius 2 is 1.97 bits per heavy atom. The fraction of sp³-hybridized carbons (Fsp3) is 0.524. The van der Waals surface area contributed by atoms with Gasteiger partial charge in [0.1, 0.15) is 30.0 Å². The lowest BCUT2D eigenvalue weighted by molar-refractivity contribution is -0.283. The molecule has 1 amide bonds. The summed E-state index contributed by atoms with van der Waals surface area (Å²) < 4.78 is 36.7. The number of aliphatic hydroxyl groups is 3. The number of rotatable bonds is 8. The van der Waals surface area contributed by atoms with Crippen LogP contribution in [0.2, 0.25) is 5.02 Å². The molecule has 1 saturated heterocycles. The van der Waals surface area contributed by atoms with Crippen LogP contribution in [0.4, 0.5) is 8.78 Å². The van der Waals surface area contributed by atoms with E-state index in [2.05, 4.69) is 15.6 Å². The van der Waals surface area contributed by atoms with E-state index in [1.54, 1.807) is 24.3 Å². The van der Waals surface area contributed by atoms with Crippen molar-refractivity contribution in [2.75, 3.05) is 6.61 Å². The van der Waals surface area contributed by atoms with Gasteiger partial charge in [-0.2, -0.15) is 4.39 Å². The molecule has 1 aliphatic rings. The van der Waals surface area contributed by atoms with Crippen LogP contribution in [0.15, 0.2) is 30.5 Å². The topological polar surface area (TPSA) is 167 Å². The van der Waals surface area contributed by atoms with Crippen molar-refractivity contribution in [3.63, 3.8) is 0 Å². The van der Waals surface area contributed by atoms with Gasteiger partial charge in [0.05, 0.1) is 23.9 Å². The number of amides is 1. The van der Waals surface area contributed by atoms with Crippen LogP contribution in [0.1, 0.15) is 19.9 Å². The predicted octanol–water partition coefficient (Wildman–Crippen LogP) is 0.482. The number of hydrogen-bond donors (Lipinski definition) is 5. The molecule has 1 aliphatic heterocycles. The number of benzene rings is 1. The number of carboxylic acids is 1. The molecule has 0 saturated carbocycles. The quantitative estimate of drug-likeness (QED) is 0.334. The van der Waals surface area contributed by atoms with Gasteiger partial charge in [-0.25, -0.2) is 13.9 Å². The average Bonchev–Trinajstić information content (AvgIpc) is 3.29. The van der Waals surface area contributed by atoms with E-state index in [1.807, 2.05) is 0 Å². The van der Waals surface area contributed by atoms with Gasteiger partial charge in [0.15, 0.2) is 6.17 Å². The highest BCUT2D eigenvalue weighted by Gasteiger charge is 2.64. The molecule has 0 aliphatic carbocycles. The second-order valence-electron chi connectivity index (χ2n) is 8.42. The molecule has 0 bridgehead atoms. The average molecular weight is 519 g/mol. The van der Waals surface area contributed by atoms with E-state index in [-0.39, 0.29) is 10.7 Å². The molecule has 1 fully saturated rings. The lowest BCUT2D eigenvalue weighted by Gasteiger charge is -2.47. The molecule has 11 nitrogen and oxygen atoms in total. The van der Waals surface area contributed by atoms with E-state index in [9.17, 15) is 30.0 Å². The Labute approximate surface area is 203 Å². The molecule has 1 aromatic heterocycles. The second-order valence-corrected chi connectivity index (χ2v) is 8.83. The lowest BCUT2D eigenvalue weighted by atomic mass is 9.85. The zero-order valence-electron chi connectivity index (χ0n) is 18.6. The predicted molar refractivity (Wildman–Crippen MR) is 117 cm³/mol. The Balaban J connectivity index is 2.15. The van der Waals surface area contributed by atoms with E-state index < -0.39 is 66.8 Å². The molecule has 14 heteroatoms. The van der Waals surface area contributed by atoms with E-state index in [1.165, 1.54) is 20.0 Å². The number of nitrogens with one attached hydrogen (secondary N) is 1. The van der Waals surface area contributed by atoms with Crippen molar-refractivity contribution in [2.24, 2.45) is 5.92 Å². The smallest absolute Gasteiger partial charge is 0.372 e. The van der Waals surface area contributed by atoms with Gasteiger partial charge in [0.25, 0.3) is 0 Å². The molecule has 0 spiro atoms. The van der Waals surface area contributed by atoms with Crippen molar-refractivity contribution >= 4 is 23.5 Å². The third kappa shape index (κ3) is 5.14. The number of aliphatic carboxylic acids is 1. The Hall–Kier alpha value is -2.71. The largest absolute Gasteiger partial charge is 0.477 e. The highest BCUT2D eigenvalue weighted by atomic mass is 35.5. The minimum atomic E-state index is -4.00. The highest BCUT2D eigenvalue weighted by molar-refractivity contribution is 6.33. The number of aliphatic hydroxyl groups excluding tert-OH is 3. The molecule has 2 aromatic rings. The van der Waals surface area contributed by atoms with Gasteiger partial charge in [0, 0.05) is 11.5 Å². The van der Waals surface area contributed by atoms with Crippen LogP contribution >= 0.6 is 11.6 Å². The van der Waals surface area contributed by atoms with Gasteiger partial charge in [-0.05, 0) is 6.07 Å². The van der Waals surface area contributed by atoms with Gasteiger partial charge in [-0.1, -0.05) is 48.9 Å². The summed E-state index contributed by atoms with van der Waals surface area (Å²) in [5, 5.41) is 49.5. The fourth-order valence-electron chi connectivity index (χ4n) is 3.72. The third-order valence-corrected chi connectivity index (χ3v) is 6.02. The minimum absolute atomic E-state index is 0.135. The molecule has 192 valence electrons. The normalized spacial score (nSPS) is 28.5. The first-order valence-corrected chi connectivity index (χ1v) is 11.0. The maximum Gasteiger partial charge on any atom is 0.372 e. The summed E-state index contributed by atoms with van der Waals surface area (Å²) >= 11 is 6.17. The van der Waals surface area contributed by atoms with Crippen LogP contribution in [0.5, 0.6) is 0 Å². The van der Waals surface area contributed by atoms with E-state index in [0.717, 1.165) is 4.68 Å². The van der Waals surface area contributed by atoms with Crippen LogP contribution in [0.25, 0.3) is 11.3 Å². The summed E-state index contributed by atoms with van der Waals surface area (Å²) in [6.07, 6.45) is -7.83. The molecule has 2 heterocycles. The van der Waals surface area contributed by atoms with Crippen molar-refractivity contribution < 1.29 is 43.5 Å². The van der Waals surface area contributed by atoms with Crippen molar-refractivity contribution in [1.82, 2.24) is 20.3 Å². The number of alkyl halides is 2. The molecule has 2 unspecified atom stereocenters. The Kier molecular flexibility index (Phi) is 8.07. The summed E-state index contributed by atoms with van der Waals surface area (Å²) in [5.74, 6) is -7.66. The van der Waals surface area contributed by atoms with Crippen molar-refractivity contribution in [3.8, 4) is 11.3 Å². The molecule has 5 N–H and O–H groups in total. The van der Waals surface area contributed by atoms with E-state index in [4.69, 9.17) is 16.3 Å². The molecule has 7 atom stereocenters. The summed E-state index contributed by atoms with van der Waals surface area (Å²) in [7, 11) is 0. The highest BCUT2D eigenvalue weighted by Crippen LogP contribution is 2.42. The van der Waals surface area contributed by atoms with Gasteiger partial charge >= 0.3 is 11.8 Å². The molecule has 1 aromatic carbocycles. The summed E-state index contributed by atoms with van der Waals surface area (Å²) in [5.41, 5.74) is 0.526. The minimum Gasteiger partial charge on any atom is -0.477 e. The molecular formula is C21H25ClF2N4O7. The standard InChI is InChI=1S/C21H25ClF2N4O7/c1-9(2)19(32)25-14-15(28-7-12(26-27-28)10-5-3-4-6-11(10)22)18(23)21(24,20(33)34)35-17(14)16(31)13(30)8-29/h3-7,9,13-18,29-31H,8H2,1-2H3,(H,25,32)(H,33,34)/t13-,14-,15-,16-,17-,18?,21?/m1/s1. The zero-order chi connectivity index (χ0) is 26.1. The fourth-order valence-corrected chi connectivity index (χ4v) is 3.95. The second kappa shape index (κ2) is 10.5. The Morgan fingerprint density at radius 3 is 2.54 bits per heavy atom. The Morgan fingerprint density at radius 1 is 1.31 bits per heavy atom. The summed E-state index contributed by atoms with van der Waals surface area (Å²) in [4.78, 5) is 24.2. The third-order valence-electron chi connectivity index (χ3n) is 5.69. The lowest BCUT2D eigenvalue weighted by Crippen LogP contribution is -2.69. The van der Waals surface area contributed by atoms with Crippen molar-refractivity contribution in [3.05, 3.63) is 35.5 Å². The molecule has 35 heavy (non-hydrogen) atoms. The van der Waals surface area contributed by atoms with Crippen LogP contribution in [0, 0.1) is 5.92 Å². The number of carboxylic acid groups (broad SMARTS) is 1. The maximum absolute atomic E-state index is 15.6. The van der Waals surface area contributed by atoms with E-state index >= 15 is 8.78 Å². The number of aromatic nitrogens is 3. The van der Waals surface area contributed by atoms with Crippen LogP contribution < -0.4 is 5.32 Å². The summed E-state index contributed by atoms with van der Waals surface area (Å²) in [6, 6.07) is 2.92. The van der Waals surface area contributed by atoms with Gasteiger partial charge in [-0.15, -0.1) is 5.10 Å². The number of carbonyl (C=O) groups is 2. The van der Waals surface area contributed by atoms with Gasteiger partial charge in [0.2, 0.25) is 5.91 Å². The van der Waals surface area contributed by atoms with Crippen LogP contribution in [-0.2, 0) is 14.3 Å². The number of carbonyl (C=O) groups excluding carboxylic acids is 1. The van der Waals surface area contributed by atoms with Crippen LogP contribution in [-0.4, -0.2) is 90.3 Å². The molecular weight excluding hydrogens is 494 g/mol. The van der Waals surface area contributed by atoms with Crippen molar-refractivity contribution in [2.45, 2.75) is 56.3 Å². The van der Waals surface area contributed by atoms with Gasteiger partial charge in [-0.3, -0.25) is 4.79 Å². The first kappa shape index (κ1) is 26.9. The monoisotopic (exact) mass is 518 g/mol. The number of halogens is 3. The summed E-state index contributed by atoms with van der Waals surface area (Å²) in [6.45, 7) is 2.01. The Bertz CT molecular complexity index is 1070. The number of ether oxygens (including phenoxy) is 1. The first-order chi connectivity index (χ1) is 16.4. The van der Waals surface area contributed by atoms with Crippen molar-refractivity contribution in [1.29, 1.82) is 0 Å². The number of nitrogens with zero attached hydrogens (tertiary/aromatic N) is 3. The first-order valence-electron chi connectivity index (χ1n) is 10.6.